The third-order valence-electron chi connectivity index (χ3n) is 3.16. The molecule has 0 saturated heterocycles. The van der Waals surface area contributed by atoms with Crippen LogP contribution in [0.25, 0.3) is 0 Å². The van der Waals surface area contributed by atoms with Gasteiger partial charge >= 0.3 is 21.8 Å². The molecule has 0 aromatic heterocycles. The van der Waals surface area contributed by atoms with Crippen LogP contribution in [0.2, 0.25) is 0 Å². The minimum Gasteiger partial charge on any atom is -0.493 e. The Balaban J connectivity index is 2.16. The average Bonchev–Trinajstić information content (AvgIpc) is 2.67. The predicted octanol–water partition coefficient (Wildman–Crippen LogP) is 3.29. The van der Waals surface area contributed by atoms with Crippen LogP contribution in [0.15, 0.2) is 48.5 Å². The first-order chi connectivity index (χ1) is 12.0. The number of phosphoric ester groups is 1. The molecule has 130 valence electrons. The molecule has 1 atom stereocenters. The summed E-state index contributed by atoms with van der Waals surface area (Å²) in [5.74, 6) is -0.371. The van der Waals surface area contributed by atoms with Crippen molar-refractivity contribution in [1.82, 2.24) is 0 Å². The number of ether oxygens (including phenoxy) is 2. The molecule has 2 aromatic rings. The largest absolute Gasteiger partial charge is 0.514 e. The molecule has 0 heterocycles. The highest BCUT2D eigenvalue weighted by molar-refractivity contribution is 7.49. The van der Waals surface area contributed by atoms with Gasteiger partial charge in [0.25, 0.3) is 0 Å². The van der Waals surface area contributed by atoms with Crippen molar-refractivity contribution in [1.29, 1.82) is 0 Å². The third-order valence-corrected chi connectivity index (χ3v) is 4.28. The molecule has 0 aliphatic heterocycles. The fraction of sp³-hybridized carbons (Fsp3) is 0.188. The van der Waals surface area contributed by atoms with Gasteiger partial charge in [0.1, 0.15) is 0 Å². The highest BCUT2D eigenvalue weighted by Gasteiger charge is 2.28. The fourth-order valence-corrected chi connectivity index (χ4v) is 2.77. The van der Waals surface area contributed by atoms with Gasteiger partial charge in [-0.25, -0.2) is 9.36 Å². The van der Waals surface area contributed by atoms with Crippen LogP contribution in [-0.2, 0) is 24.9 Å². The predicted molar refractivity (Wildman–Crippen MR) is 90.6 cm³/mol. The molecule has 25 heavy (non-hydrogen) atoms. The molecule has 0 amide bonds. The number of carbonyl (C=O) groups is 1. The van der Waals surface area contributed by atoms with Crippen molar-refractivity contribution in [3.05, 3.63) is 59.7 Å². The lowest BCUT2D eigenvalue weighted by Gasteiger charge is -2.19. The van der Waals surface area contributed by atoms with Crippen LogP contribution >= 0.6 is 7.82 Å². The Morgan fingerprint density at radius 1 is 1.08 bits per heavy atom. The van der Waals surface area contributed by atoms with E-state index >= 15 is 0 Å². The van der Waals surface area contributed by atoms with Crippen molar-refractivity contribution in [2.24, 2.45) is 0 Å². The summed E-state index contributed by atoms with van der Waals surface area (Å²) in [6.07, 6.45) is 0. The van der Waals surface area contributed by atoms with Gasteiger partial charge in [-0.05, 0) is 23.8 Å². The van der Waals surface area contributed by atoms with Gasteiger partial charge in [-0.15, -0.1) is 0 Å². The van der Waals surface area contributed by atoms with E-state index in [0.29, 0.717) is 0 Å². The minimum atomic E-state index is -4.09. The van der Waals surface area contributed by atoms with Crippen molar-refractivity contribution in [2.45, 2.75) is 6.61 Å². The second-order valence-corrected chi connectivity index (χ2v) is 6.31. The van der Waals surface area contributed by atoms with Gasteiger partial charge in [0, 0.05) is 0 Å². The van der Waals surface area contributed by atoms with E-state index in [1.54, 1.807) is 12.1 Å². The van der Waals surface area contributed by atoms with Crippen molar-refractivity contribution in [3.8, 4) is 11.5 Å². The lowest BCUT2D eigenvalue weighted by molar-refractivity contribution is 0.0600. The molecule has 0 bridgehead atoms. The molecule has 0 N–H and O–H groups in total. The highest BCUT2D eigenvalue weighted by Crippen LogP contribution is 2.51. The number of carbonyl (C=O) groups excluding carboxylic acids is 1. The topological polar surface area (TPSA) is 80.3 Å². The molecule has 1 unspecified atom stereocenters. The second kappa shape index (κ2) is 8.71. The zero-order valence-electron chi connectivity index (χ0n) is 13.7. The van der Waals surface area contributed by atoms with E-state index in [1.807, 2.05) is 18.2 Å². The zero-order chi connectivity index (χ0) is 18.3. The monoisotopic (exact) mass is 362 g/mol. The Morgan fingerprint density at radius 3 is 2.40 bits per heavy atom. The molecule has 2 radical (unpaired) electrons. The molecule has 9 heteroatoms. The summed E-state index contributed by atoms with van der Waals surface area (Å²) < 4.78 is 37.2. The van der Waals surface area contributed by atoms with Gasteiger partial charge in [0.15, 0.2) is 11.5 Å². The number of esters is 1. The molecule has 0 saturated carbocycles. The molecule has 0 spiro atoms. The number of phosphoric acid groups is 1. The van der Waals surface area contributed by atoms with Crippen LogP contribution in [0.5, 0.6) is 11.5 Å². The van der Waals surface area contributed by atoms with Crippen molar-refractivity contribution in [2.75, 3.05) is 14.2 Å². The Labute approximate surface area is 146 Å². The summed E-state index contributed by atoms with van der Waals surface area (Å²) in [5, 5.41) is 0. The molecule has 2 aromatic carbocycles. The SMILES string of the molecule is [B]OP(=O)(OCc1ccccc1)Oc1ccc(C(=O)OC)cc1OC. The molecule has 0 aliphatic rings. The van der Waals surface area contributed by atoms with Crippen LogP contribution in [0.1, 0.15) is 15.9 Å². The molecule has 0 aliphatic carbocycles. The van der Waals surface area contributed by atoms with E-state index in [1.165, 1.54) is 32.4 Å². The minimum absolute atomic E-state index is 0.0299. The van der Waals surface area contributed by atoms with E-state index in [-0.39, 0.29) is 23.7 Å². The van der Waals surface area contributed by atoms with Crippen LogP contribution in [0.3, 0.4) is 0 Å². The first kappa shape index (κ1) is 19.1. The maximum absolute atomic E-state index is 12.5. The lowest BCUT2D eigenvalue weighted by Crippen LogP contribution is -2.05. The molecule has 0 fully saturated rings. The number of methoxy groups -OCH3 is 2. The normalized spacial score (nSPS) is 12.9. The Morgan fingerprint density at radius 2 is 1.80 bits per heavy atom. The molecular formula is C16H16BO7P. The van der Waals surface area contributed by atoms with E-state index in [9.17, 15) is 9.36 Å². The van der Waals surface area contributed by atoms with Crippen molar-refractivity contribution >= 4 is 21.8 Å². The first-order valence-electron chi connectivity index (χ1n) is 7.14. The Bertz CT molecular complexity index is 766. The quantitative estimate of drug-likeness (QED) is 0.405. The first-order valence-corrected chi connectivity index (χ1v) is 8.60. The van der Waals surface area contributed by atoms with E-state index in [0.717, 1.165) is 5.56 Å². The van der Waals surface area contributed by atoms with Gasteiger partial charge < -0.3 is 18.4 Å². The summed E-state index contributed by atoms with van der Waals surface area (Å²) >= 11 is 0. The number of rotatable bonds is 8. The Kier molecular flexibility index (Phi) is 6.64. The number of benzene rings is 2. The second-order valence-electron chi connectivity index (χ2n) is 4.76. The maximum Gasteiger partial charge on any atom is 0.514 e. The zero-order valence-corrected chi connectivity index (χ0v) is 14.6. The van der Waals surface area contributed by atoms with Gasteiger partial charge in [0.2, 0.25) is 0 Å². The standard InChI is InChI=1S/C16H16BO7P/c1-20-15-10-13(16(18)21-2)8-9-14(15)23-25(19,24-17)22-11-12-6-4-3-5-7-12/h3-10H,11H2,1-2H3. The fourth-order valence-electron chi connectivity index (χ4n) is 1.91. The maximum atomic E-state index is 12.5. The van der Waals surface area contributed by atoms with E-state index in [2.05, 4.69) is 9.18 Å². The number of hydrogen-bond donors (Lipinski definition) is 0. The smallest absolute Gasteiger partial charge is 0.493 e. The van der Waals surface area contributed by atoms with Crippen LogP contribution in [0.4, 0.5) is 0 Å². The summed E-state index contributed by atoms with van der Waals surface area (Å²) in [4.78, 5) is 11.6. The third kappa shape index (κ3) is 5.10. The summed E-state index contributed by atoms with van der Waals surface area (Å²) in [6, 6.07) is 13.2. The molecule has 7 nitrogen and oxygen atoms in total. The highest BCUT2D eigenvalue weighted by atomic mass is 31.2. The summed E-state index contributed by atoms with van der Waals surface area (Å²) in [5.41, 5.74) is 0.997. The molecule has 2 rings (SSSR count). The van der Waals surface area contributed by atoms with E-state index < -0.39 is 13.8 Å². The van der Waals surface area contributed by atoms with Gasteiger partial charge in [-0.3, -0.25) is 4.52 Å². The van der Waals surface area contributed by atoms with Crippen LogP contribution in [-0.4, -0.2) is 28.2 Å². The Hall–Kier alpha value is -2.28. The summed E-state index contributed by atoms with van der Waals surface area (Å²) in [7, 11) is 3.61. The molecular weight excluding hydrogens is 346 g/mol. The number of hydrogen-bond acceptors (Lipinski definition) is 7. The van der Waals surface area contributed by atoms with Gasteiger partial charge in [-0.1, -0.05) is 30.3 Å². The van der Waals surface area contributed by atoms with Crippen LogP contribution < -0.4 is 9.26 Å². The van der Waals surface area contributed by atoms with Crippen LogP contribution in [0, 0.1) is 0 Å². The van der Waals surface area contributed by atoms with Crippen molar-refractivity contribution in [3.63, 3.8) is 0 Å². The van der Waals surface area contributed by atoms with Crippen molar-refractivity contribution < 1.29 is 32.3 Å². The average molecular weight is 362 g/mol. The van der Waals surface area contributed by atoms with Gasteiger partial charge in [-0.2, -0.15) is 0 Å². The summed E-state index contributed by atoms with van der Waals surface area (Å²) in [6.45, 7) is -0.0299. The lowest BCUT2D eigenvalue weighted by atomic mass is 10.2. The van der Waals surface area contributed by atoms with E-state index in [4.69, 9.17) is 21.8 Å². The van der Waals surface area contributed by atoms with Gasteiger partial charge in [0.05, 0.1) is 26.4 Å².